The van der Waals surface area contributed by atoms with E-state index in [1.807, 2.05) is 0 Å². The predicted molar refractivity (Wildman–Crippen MR) is 140 cm³/mol. The molecule has 0 saturated heterocycles. The van der Waals surface area contributed by atoms with Crippen LogP contribution in [0.25, 0.3) is 22.3 Å². The van der Waals surface area contributed by atoms with E-state index in [-0.39, 0.29) is 10.8 Å². The van der Waals surface area contributed by atoms with Gasteiger partial charge in [0.1, 0.15) is 0 Å². The smallest absolute Gasteiger partial charge is 0.0215 e. The minimum Gasteiger partial charge on any atom is -0.0654 e. The van der Waals surface area contributed by atoms with Gasteiger partial charge in [-0.2, -0.15) is 0 Å². The van der Waals surface area contributed by atoms with Crippen LogP contribution >= 0.6 is 0 Å². The van der Waals surface area contributed by atoms with Crippen LogP contribution in [-0.2, 0) is 10.8 Å². The van der Waals surface area contributed by atoms with Crippen LogP contribution in [0.2, 0.25) is 0 Å². The largest absolute Gasteiger partial charge is 0.0654 e. The van der Waals surface area contributed by atoms with Crippen LogP contribution in [0.1, 0.15) is 68.2 Å². The van der Waals surface area contributed by atoms with E-state index in [9.17, 15) is 0 Å². The van der Waals surface area contributed by atoms with Crippen molar-refractivity contribution in [2.45, 2.75) is 56.8 Å². The van der Waals surface area contributed by atoms with E-state index < -0.39 is 0 Å². The first kappa shape index (κ1) is 20.5. The summed E-state index contributed by atoms with van der Waals surface area (Å²) in [5, 5.41) is 0. The summed E-state index contributed by atoms with van der Waals surface area (Å²) in [5.41, 5.74) is 12.0. The van der Waals surface area contributed by atoms with Gasteiger partial charge in [0.2, 0.25) is 0 Å². The molecule has 0 aromatic heterocycles. The SMILES string of the molecule is CCCCC1(CCC2(C)c3ccccc3-c3ccccc32)c2ccccc2-c2ccccc21. The molecule has 4 aromatic rings. The maximum Gasteiger partial charge on any atom is 0.0215 e. The first-order valence-electron chi connectivity index (χ1n) is 12.6. The Balaban J connectivity index is 1.48. The van der Waals surface area contributed by atoms with Gasteiger partial charge in [0, 0.05) is 10.8 Å². The van der Waals surface area contributed by atoms with Gasteiger partial charge in [-0.3, -0.25) is 0 Å². The number of hydrogen-bond donors (Lipinski definition) is 0. The predicted octanol–water partition coefficient (Wildman–Crippen LogP) is 8.91. The van der Waals surface area contributed by atoms with E-state index in [1.54, 1.807) is 11.1 Å². The second kappa shape index (κ2) is 7.73. The second-order valence-corrected chi connectivity index (χ2v) is 10.2. The van der Waals surface area contributed by atoms with Crippen molar-refractivity contribution >= 4 is 0 Å². The normalized spacial score (nSPS) is 16.1. The maximum absolute atomic E-state index is 2.48. The van der Waals surface area contributed by atoms with Crippen molar-refractivity contribution in [2.75, 3.05) is 0 Å². The highest BCUT2D eigenvalue weighted by molar-refractivity contribution is 5.82. The van der Waals surface area contributed by atoms with E-state index in [2.05, 4.69) is 111 Å². The number of fused-ring (bicyclic) bond motifs is 6. The molecule has 0 heterocycles. The molecule has 0 amide bonds. The molecule has 0 heteroatoms. The van der Waals surface area contributed by atoms with Gasteiger partial charge < -0.3 is 0 Å². The highest BCUT2D eigenvalue weighted by Crippen LogP contribution is 2.57. The fourth-order valence-electron chi connectivity index (χ4n) is 6.83. The molecule has 0 unspecified atom stereocenters. The van der Waals surface area contributed by atoms with Crippen LogP contribution in [-0.4, -0.2) is 0 Å². The second-order valence-electron chi connectivity index (χ2n) is 10.2. The van der Waals surface area contributed by atoms with Gasteiger partial charge in [-0.15, -0.1) is 0 Å². The van der Waals surface area contributed by atoms with E-state index in [1.165, 1.54) is 59.1 Å². The number of rotatable bonds is 6. The third-order valence-electron chi connectivity index (χ3n) is 8.52. The number of benzene rings is 4. The highest BCUT2D eigenvalue weighted by atomic mass is 14.5. The quantitative estimate of drug-likeness (QED) is 0.287. The van der Waals surface area contributed by atoms with Crippen LogP contribution in [0, 0.1) is 0 Å². The summed E-state index contributed by atoms with van der Waals surface area (Å²) < 4.78 is 0. The summed E-state index contributed by atoms with van der Waals surface area (Å²) in [5.74, 6) is 0. The molecule has 0 N–H and O–H groups in total. The first-order chi connectivity index (χ1) is 16.2. The van der Waals surface area contributed by atoms with Gasteiger partial charge in [0.25, 0.3) is 0 Å². The van der Waals surface area contributed by atoms with Crippen molar-refractivity contribution < 1.29 is 0 Å². The Morgan fingerprint density at radius 1 is 0.485 bits per heavy atom. The Morgan fingerprint density at radius 2 is 0.879 bits per heavy atom. The summed E-state index contributed by atoms with van der Waals surface area (Å²) in [6.07, 6.45) is 6.02. The van der Waals surface area contributed by atoms with Crippen molar-refractivity contribution in [1.29, 1.82) is 0 Å². The zero-order valence-corrected chi connectivity index (χ0v) is 19.8. The molecule has 4 aromatic carbocycles. The summed E-state index contributed by atoms with van der Waals surface area (Å²) in [6.45, 7) is 4.81. The molecule has 0 aliphatic heterocycles. The van der Waals surface area contributed by atoms with Crippen LogP contribution in [0.15, 0.2) is 97.1 Å². The van der Waals surface area contributed by atoms with Gasteiger partial charge in [-0.05, 0) is 63.8 Å². The van der Waals surface area contributed by atoms with Crippen LogP contribution in [0.5, 0.6) is 0 Å². The van der Waals surface area contributed by atoms with Gasteiger partial charge >= 0.3 is 0 Å². The minimum atomic E-state index is 0.0406. The summed E-state index contributed by atoms with van der Waals surface area (Å²) >= 11 is 0. The Hall–Kier alpha value is -3.12. The Labute approximate surface area is 198 Å². The molecule has 0 fully saturated rings. The van der Waals surface area contributed by atoms with Crippen molar-refractivity contribution in [3.8, 4) is 22.3 Å². The Bertz CT molecular complexity index is 1230. The molecular formula is C33H32. The van der Waals surface area contributed by atoms with Crippen molar-refractivity contribution in [3.63, 3.8) is 0 Å². The molecule has 2 aliphatic carbocycles. The van der Waals surface area contributed by atoms with Gasteiger partial charge in [0.15, 0.2) is 0 Å². The topological polar surface area (TPSA) is 0 Å². The van der Waals surface area contributed by atoms with E-state index >= 15 is 0 Å². The Morgan fingerprint density at radius 3 is 1.33 bits per heavy atom. The van der Waals surface area contributed by atoms with Crippen molar-refractivity contribution in [1.82, 2.24) is 0 Å². The Kier molecular flexibility index (Phi) is 4.80. The lowest BCUT2D eigenvalue weighted by Gasteiger charge is -2.37. The molecule has 2 aliphatic rings. The lowest BCUT2D eigenvalue weighted by molar-refractivity contribution is 0.372. The van der Waals surface area contributed by atoms with E-state index in [4.69, 9.17) is 0 Å². The molecule has 0 saturated carbocycles. The fourth-order valence-corrected chi connectivity index (χ4v) is 6.83. The van der Waals surface area contributed by atoms with E-state index in [0.29, 0.717) is 0 Å². The maximum atomic E-state index is 2.48. The van der Waals surface area contributed by atoms with Gasteiger partial charge in [-0.1, -0.05) is 124 Å². The molecule has 164 valence electrons. The molecule has 0 nitrogen and oxygen atoms in total. The summed E-state index contributed by atoms with van der Waals surface area (Å²) in [6, 6.07) is 36.6. The van der Waals surface area contributed by atoms with E-state index in [0.717, 1.165) is 6.42 Å². The average molecular weight is 429 g/mol. The molecule has 0 spiro atoms. The van der Waals surface area contributed by atoms with Gasteiger partial charge in [0.05, 0.1) is 0 Å². The molecule has 0 atom stereocenters. The zero-order valence-electron chi connectivity index (χ0n) is 19.8. The third-order valence-corrected chi connectivity index (χ3v) is 8.52. The summed E-state index contributed by atoms with van der Waals surface area (Å²) in [7, 11) is 0. The molecule has 33 heavy (non-hydrogen) atoms. The molecule has 0 bridgehead atoms. The molecular weight excluding hydrogens is 396 g/mol. The fraction of sp³-hybridized carbons (Fsp3) is 0.273. The highest BCUT2D eigenvalue weighted by Gasteiger charge is 2.46. The van der Waals surface area contributed by atoms with Crippen LogP contribution < -0.4 is 0 Å². The molecule has 6 rings (SSSR count). The molecule has 0 radical (unpaired) electrons. The number of hydrogen-bond acceptors (Lipinski definition) is 0. The minimum absolute atomic E-state index is 0.0406. The monoisotopic (exact) mass is 428 g/mol. The zero-order chi connectivity index (χ0) is 22.5. The van der Waals surface area contributed by atoms with Crippen molar-refractivity contribution in [2.24, 2.45) is 0 Å². The summed E-state index contributed by atoms with van der Waals surface area (Å²) in [4.78, 5) is 0. The third kappa shape index (κ3) is 2.90. The number of unbranched alkanes of at least 4 members (excludes halogenated alkanes) is 1. The average Bonchev–Trinajstić information content (AvgIpc) is 3.30. The van der Waals surface area contributed by atoms with Gasteiger partial charge in [-0.25, -0.2) is 0 Å². The van der Waals surface area contributed by atoms with Crippen LogP contribution in [0.4, 0.5) is 0 Å². The van der Waals surface area contributed by atoms with Crippen molar-refractivity contribution in [3.05, 3.63) is 119 Å². The first-order valence-corrected chi connectivity index (χ1v) is 12.6. The lowest BCUT2D eigenvalue weighted by Crippen LogP contribution is -2.30. The standard InChI is InChI=1S/C33H32/c1-3-4-21-33(30-19-11-7-15-26(30)27-16-8-12-20-31(27)33)23-22-32(2)28-17-9-5-13-24(28)25-14-6-10-18-29(25)32/h5-20H,3-4,21-23H2,1-2H3. The lowest BCUT2D eigenvalue weighted by atomic mass is 9.66. The van der Waals surface area contributed by atoms with Crippen LogP contribution in [0.3, 0.4) is 0 Å².